The summed E-state index contributed by atoms with van der Waals surface area (Å²) in [4.78, 5) is 0. The number of hydrogen-bond donors (Lipinski definition) is 0. The van der Waals surface area contributed by atoms with Gasteiger partial charge in [-0.1, -0.05) is 36.9 Å². The SMILES string of the molecule is C=Cc1ccccc1-c1cc(F)c(F)c(F)c1. The number of hydrogen-bond acceptors (Lipinski definition) is 0. The van der Waals surface area contributed by atoms with E-state index in [0.717, 1.165) is 17.7 Å². The quantitative estimate of drug-likeness (QED) is 0.675. The molecule has 0 N–H and O–H groups in total. The third-order valence-electron chi connectivity index (χ3n) is 2.48. The molecule has 2 rings (SSSR count). The molecule has 0 spiro atoms. The maximum atomic E-state index is 13.1. The molecule has 2 aromatic carbocycles. The van der Waals surface area contributed by atoms with Crippen molar-refractivity contribution in [3.8, 4) is 11.1 Å². The van der Waals surface area contributed by atoms with E-state index in [9.17, 15) is 13.2 Å². The molecule has 0 heterocycles. The van der Waals surface area contributed by atoms with Gasteiger partial charge in [-0.3, -0.25) is 0 Å². The van der Waals surface area contributed by atoms with Gasteiger partial charge >= 0.3 is 0 Å². The van der Waals surface area contributed by atoms with Gasteiger partial charge in [-0.25, -0.2) is 13.2 Å². The van der Waals surface area contributed by atoms with Crippen LogP contribution >= 0.6 is 0 Å². The summed E-state index contributed by atoms with van der Waals surface area (Å²) in [6.45, 7) is 3.62. The van der Waals surface area contributed by atoms with Crippen molar-refractivity contribution in [2.24, 2.45) is 0 Å². The zero-order valence-corrected chi connectivity index (χ0v) is 8.88. The smallest absolute Gasteiger partial charge is 0.194 e. The first-order valence-corrected chi connectivity index (χ1v) is 5.00. The van der Waals surface area contributed by atoms with Crippen LogP contribution in [0.1, 0.15) is 5.56 Å². The van der Waals surface area contributed by atoms with Gasteiger partial charge in [0.2, 0.25) is 0 Å². The summed E-state index contributed by atoms with van der Waals surface area (Å²) in [5.41, 5.74) is 1.63. The van der Waals surface area contributed by atoms with E-state index in [1.807, 2.05) is 0 Å². The predicted molar refractivity (Wildman–Crippen MR) is 61.8 cm³/mol. The Hall–Kier alpha value is -2.03. The molecule has 86 valence electrons. The monoisotopic (exact) mass is 234 g/mol. The fraction of sp³-hybridized carbons (Fsp3) is 0. The zero-order chi connectivity index (χ0) is 12.4. The molecule has 0 radical (unpaired) electrons. The second kappa shape index (κ2) is 4.45. The standard InChI is InChI=1S/C14H9F3/c1-2-9-5-3-4-6-11(9)10-7-12(15)14(17)13(16)8-10/h2-8H,1H2. The van der Waals surface area contributed by atoms with Gasteiger partial charge < -0.3 is 0 Å². The number of benzene rings is 2. The van der Waals surface area contributed by atoms with Gasteiger partial charge in [0.25, 0.3) is 0 Å². The van der Waals surface area contributed by atoms with Gasteiger partial charge in [-0.15, -0.1) is 0 Å². The van der Waals surface area contributed by atoms with E-state index in [1.165, 1.54) is 0 Å². The highest BCUT2D eigenvalue weighted by atomic mass is 19.2. The Morgan fingerprint density at radius 3 is 2.12 bits per heavy atom. The topological polar surface area (TPSA) is 0 Å². The minimum atomic E-state index is -1.45. The van der Waals surface area contributed by atoms with Crippen LogP contribution in [0.3, 0.4) is 0 Å². The van der Waals surface area contributed by atoms with Crippen molar-refractivity contribution < 1.29 is 13.2 Å². The first-order chi connectivity index (χ1) is 8.13. The molecule has 0 nitrogen and oxygen atoms in total. The van der Waals surface area contributed by atoms with E-state index in [4.69, 9.17) is 0 Å². The normalized spacial score (nSPS) is 10.3. The van der Waals surface area contributed by atoms with Gasteiger partial charge in [0.05, 0.1) is 0 Å². The molecule has 0 bridgehead atoms. The van der Waals surface area contributed by atoms with E-state index in [2.05, 4.69) is 6.58 Å². The Bertz CT molecular complexity index is 550. The molecule has 0 aromatic heterocycles. The van der Waals surface area contributed by atoms with Crippen LogP contribution in [0.2, 0.25) is 0 Å². The minimum absolute atomic E-state index is 0.289. The molecular formula is C14H9F3. The highest BCUT2D eigenvalue weighted by Crippen LogP contribution is 2.27. The molecule has 0 amide bonds. The highest BCUT2D eigenvalue weighted by Gasteiger charge is 2.12. The van der Waals surface area contributed by atoms with Crippen LogP contribution < -0.4 is 0 Å². The average molecular weight is 234 g/mol. The summed E-state index contributed by atoms with van der Waals surface area (Å²) in [6.07, 6.45) is 1.58. The molecule has 0 aliphatic heterocycles. The van der Waals surface area contributed by atoms with Crippen molar-refractivity contribution in [2.45, 2.75) is 0 Å². The lowest BCUT2D eigenvalue weighted by Crippen LogP contribution is -1.92. The first kappa shape index (κ1) is 11.5. The molecule has 0 saturated heterocycles. The Morgan fingerprint density at radius 1 is 0.941 bits per heavy atom. The fourth-order valence-corrected chi connectivity index (χ4v) is 1.65. The fourth-order valence-electron chi connectivity index (χ4n) is 1.65. The lowest BCUT2D eigenvalue weighted by atomic mass is 9.99. The van der Waals surface area contributed by atoms with Crippen LogP contribution in [0.5, 0.6) is 0 Å². The third-order valence-corrected chi connectivity index (χ3v) is 2.48. The van der Waals surface area contributed by atoms with Gasteiger partial charge in [0.1, 0.15) is 0 Å². The molecule has 3 heteroatoms. The molecule has 17 heavy (non-hydrogen) atoms. The summed E-state index contributed by atoms with van der Waals surface area (Å²) in [5.74, 6) is -3.84. The number of rotatable bonds is 2. The molecule has 0 atom stereocenters. The minimum Gasteiger partial charge on any atom is -0.204 e. The van der Waals surface area contributed by atoms with Crippen molar-refractivity contribution in [3.05, 3.63) is 66.0 Å². The molecule has 0 unspecified atom stereocenters. The molecule has 0 aliphatic rings. The second-order valence-electron chi connectivity index (χ2n) is 3.55. The van der Waals surface area contributed by atoms with Crippen LogP contribution in [0.25, 0.3) is 17.2 Å². The lowest BCUT2D eigenvalue weighted by molar-refractivity contribution is 0.447. The van der Waals surface area contributed by atoms with Gasteiger partial charge in [0, 0.05) is 0 Å². The van der Waals surface area contributed by atoms with E-state index in [-0.39, 0.29) is 5.56 Å². The maximum absolute atomic E-state index is 13.1. The summed E-state index contributed by atoms with van der Waals surface area (Å²) in [7, 11) is 0. The molecule has 0 fully saturated rings. The number of halogens is 3. The second-order valence-corrected chi connectivity index (χ2v) is 3.55. The van der Waals surface area contributed by atoms with E-state index in [1.54, 1.807) is 30.3 Å². The van der Waals surface area contributed by atoms with Crippen LogP contribution in [0.15, 0.2) is 43.0 Å². The van der Waals surface area contributed by atoms with E-state index >= 15 is 0 Å². The van der Waals surface area contributed by atoms with E-state index < -0.39 is 17.5 Å². The van der Waals surface area contributed by atoms with Crippen molar-refractivity contribution in [3.63, 3.8) is 0 Å². The van der Waals surface area contributed by atoms with E-state index in [0.29, 0.717) is 5.56 Å². The van der Waals surface area contributed by atoms with Crippen LogP contribution in [0.4, 0.5) is 13.2 Å². The van der Waals surface area contributed by atoms with Crippen LogP contribution in [0, 0.1) is 17.5 Å². The molecule has 0 saturated carbocycles. The van der Waals surface area contributed by atoms with Crippen molar-refractivity contribution in [1.29, 1.82) is 0 Å². The van der Waals surface area contributed by atoms with Crippen molar-refractivity contribution in [1.82, 2.24) is 0 Å². The Morgan fingerprint density at radius 2 is 1.53 bits per heavy atom. The first-order valence-electron chi connectivity index (χ1n) is 5.00. The zero-order valence-electron chi connectivity index (χ0n) is 8.88. The van der Waals surface area contributed by atoms with Crippen LogP contribution in [-0.2, 0) is 0 Å². The van der Waals surface area contributed by atoms with Gasteiger partial charge in [-0.05, 0) is 28.8 Å². The predicted octanol–water partition coefficient (Wildman–Crippen LogP) is 4.41. The molecule has 0 aliphatic carbocycles. The van der Waals surface area contributed by atoms with Crippen molar-refractivity contribution >= 4 is 6.08 Å². The van der Waals surface area contributed by atoms with Gasteiger partial charge in [-0.2, -0.15) is 0 Å². The average Bonchev–Trinajstić information content (AvgIpc) is 2.35. The summed E-state index contributed by atoms with van der Waals surface area (Å²) < 4.78 is 39.1. The van der Waals surface area contributed by atoms with Crippen LogP contribution in [-0.4, -0.2) is 0 Å². The summed E-state index contributed by atoms with van der Waals surface area (Å²) in [6, 6.07) is 8.93. The Labute approximate surface area is 97.0 Å². The largest absolute Gasteiger partial charge is 0.204 e. The Kier molecular flexibility index (Phi) is 3.00. The van der Waals surface area contributed by atoms with Crippen molar-refractivity contribution in [2.75, 3.05) is 0 Å². The lowest BCUT2D eigenvalue weighted by Gasteiger charge is -2.07. The van der Waals surface area contributed by atoms with Gasteiger partial charge in [0.15, 0.2) is 17.5 Å². The highest BCUT2D eigenvalue weighted by molar-refractivity contribution is 5.74. The summed E-state index contributed by atoms with van der Waals surface area (Å²) in [5, 5.41) is 0. The summed E-state index contributed by atoms with van der Waals surface area (Å²) >= 11 is 0. The molecule has 2 aromatic rings. The maximum Gasteiger partial charge on any atom is 0.194 e. The Balaban J connectivity index is 2.65. The molecular weight excluding hydrogens is 225 g/mol. The third kappa shape index (κ3) is 2.09.